The van der Waals surface area contributed by atoms with E-state index >= 15 is 0 Å². The van der Waals surface area contributed by atoms with Crippen LogP contribution in [0.3, 0.4) is 0 Å². The van der Waals surface area contributed by atoms with Gasteiger partial charge in [0.25, 0.3) is 5.56 Å². The summed E-state index contributed by atoms with van der Waals surface area (Å²) in [7, 11) is 0. The molecule has 1 fully saturated rings. The summed E-state index contributed by atoms with van der Waals surface area (Å²) in [4.78, 5) is 25.1. The van der Waals surface area contributed by atoms with E-state index < -0.39 is 17.5 Å². The third kappa shape index (κ3) is 2.60. The highest BCUT2D eigenvalue weighted by atomic mass is 79.9. The Morgan fingerprint density at radius 2 is 2.39 bits per heavy atom. The normalized spacial score (nSPS) is 27.3. The molecule has 1 aliphatic rings. The van der Waals surface area contributed by atoms with Crippen molar-refractivity contribution in [1.82, 2.24) is 9.55 Å². The van der Waals surface area contributed by atoms with E-state index in [0.29, 0.717) is 12.8 Å². The molecule has 0 unspecified atom stereocenters. The van der Waals surface area contributed by atoms with Crippen molar-refractivity contribution >= 4 is 27.5 Å². The number of alkyl halides is 1. The molecule has 1 saturated heterocycles. The highest BCUT2D eigenvalue weighted by molar-refractivity contribution is 9.10. The standard InChI is InChI=1S/C11H12BrClN2O3/c1-2-3-8-7(13)4-9(18-8)15-5-6(12)10(16)14-11(15)17/h2,5,7-9H,1,3-4H2,(H,14,16,17)/t7-,8+,9+/m0/s1. The predicted molar refractivity (Wildman–Crippen MR) is 72.0 cm³/mol. The lowest BCUT2D eigenvalue weighted by atomic mass is 10.1. The van der Waals surface area contributed by atoms with Crippen LogP contribution in [0, 0.1) is 0 Å². The summed E-state index contributed by atoms with van der Waals surface area (Å²) in [6.07, 6.45) is 3.67. The molecule has 1 aromatic heterocycles. The first kappa shape index (κ1) is 13.6. The van der Waals surface area contributed by atoms with Gasteiger partial charge in [0.2, 0.25) is 0 Å². The van der Waals surface area contributed by atoms with Gasteiger partial charge in [0.1, 0.15) is 6.23 Å². The number of nitrogens with one attached hydrogen (secondary N) is 1. The van der Waals surface area contributed by atoms with Gasteiger partial charge in [0, 0.05) is 12.6 Å². The van der Waals surface area contributed by atoms with Gasteiger partial charge in [-0.05, 0) is 22.4 Å². The van der Waals surface area contributed by atoms with Crippen molar-refractivity contribution in [2.75, 3.05) is 0 Å². The smallest absolute Gasteiger partial charge is 0.330 e. The van der Waals surface area contributed by atoms with Crippen molar-refractivity contribution in [2.24, 2.45) is 0 Å². The summed E-state index contributed by atoms with van der Waals surface area (Å²) in [6.45, 7) is 3.64. The third-order valence-electron chi connectivity index (χ3n) is 2.80. The van der Waals surface area contributed by atoms with Gasteiger partial charge in [0.05, 0.1) is 16.0 Å². The molecule has 0 aliphatic carbocycles. The van der Waals surface area contributed by atoms with Crippen LogP contribution >= 0.6 is 27.5 Å². The van der Waals surface area contributed by atoms with Crippen molar-refractivity contribution in [1.29, 1.82) is 0 Å². The number of hydrogen-bond donors (Lipinski definition) is 1. The number of hydrogen-bond acceptors (Lipinski definition) is 3. The van der Waals surface area contributed by atoms with Crippen LogP contribution in [0.4, 0.5) is 0 Å². The Bertz CT molecular complexity index is 568. The average molecular weight is 336 g/mol. The zero-order valence-electron chi connectivity index (χ0n) is 9.44. The van der Waals surface area contributed by atoms with Crippen LogP contribution in [-0.4, -0.2) is 21.0 Å². The number of nitrogens with zero attached hydrogens (tertiary/aromatic N) is 1. The number of ether oxygens (including phenoxy) is 1. The Morgan fingerprint density at radius 1 is 1.67 bits per heavy atom. The van der Waals surface area contributed by atoms with Crippen LogP contribution in [0.15, 0.2) is 32.9 Å². The molecule has 5 nitrogen and oxygen atoms in total. The average Bonchev–Trinajstić information content (AvgIpc) is 2.66. The highest BCUT2D eigenvalue weighted by Gasteiger charge is 2.34. The number of rotatable bonds is 3. The van der Waals surface area contributed by atoms with Crippen LogP contribution in [0.25, 0.3) is 0 Å². The second-order valence-electron chi connectivity index (χ2n) is 4.05. The minimum atomic E-state index is -0.503. The van der Waals surface area contributed by atoms with E-state index in [2.05, 4.69) is 27.5 Å². The van der Waals surface area contributed by atoms with Crippen molar-refractivity contribution in [3.63, 3.8) is 0 Å². The number of aromatic amines is 1. The van der Waals surface area contributed by atoms with Crippen LogP contribution in [0.2, 0.25) is 0 Å². The molecule has 0 aromatic carbocycles. The van der Waals surface area contributed by atoms with Gasteiger partial charge < -0.3 is 4.74 Å². The summed E-state index contributed by atoms with van der Waals surface area (Å²) in [5.74, 6) is 0. The van der Waals surface area contributed by atoms with E-state index in [1.165, 1.54) is 10.8 Å². The van der Waals surface area contributed by atoms with E-state index in [-0.39, 0.29) is 16.0 Å². The van der Waals surface area contributed by atoms with Crippen LogP contribution in [0.5, 0.6) is 0 Å². The first-order valence-electron chi connectivity index (χ1n) is 5.44. The maximum absolute atomic E-state index is 11.7. The second kappa shape index (κ2) is 5.42. The molecule has 0 spiro atoms. The fourth-order valence-electron chi connectivity index (χ4n) is 1.91. The molecule has 0 bridgehead atoms. The molecular formula is C11H12BrClN2O3. The van der Waals surface area contributed by atoms with Gasteiger partial charge in [-0.25, -0.2) is 4.79 Å². The van der Waals surface area contributed by atoms with Gasteiger partial charge in [-0.2, -0.15) is 0 Å². The summed E-state index contributed by atoms with van der Waals surface area (Å²) in [5, 5.41) is -0.175. The molecule has 2 heterocycles. The first-order valence-corrected chi connectivity index (χ1v) is 6.67. The lowest BCUT2D eigenvalue weighted by Gasteiger charge is -2.14. The number of aromatic nitrogens is 2. The fourth-order valence-corrected chi connectivity index (χ4v) is 2.54. The Balaban J connectivity index is 2.29. The Labute approximate surface area is 117 Å². The van der Waals surface area contributed by atoms with Gasteiger partial charge in [-0.15, -0.1) is 18.2 Å². The molecule has 7 heteroatoms. The van der Waals surface area contributed by atoms with Gasteiger partial charge in [0.15, 0.2) is 0 Å². The Kier molecular flexibility index (Phi) is 4.09. The Morgan fingerprint density at radius 3 is 3.06 bits per heavy atom. The SMILES string of the molecule is C=CC[C@H]1O[C@@H](n2cc(Br)c(=O)[nH]c2=O)C[C@@H]1Cl. The number of H-pyrrole nitrogens is 1. The molecule has 18 heavy (non-hydrogen) atoms. The first-order chi connectivity index (χ1) is 8.52. The zero-order valence-corrected chi connectivity index (χ0v) is 11.8. The monoisotopic (exact) mass is 334 g/mol. The maximum Gasteiger partial charge on any atom is 0.330 e. The molecule has 3 atom stereocenters. The Hall–Kier alpha value is -0.850. The summed E-state index contributed by atoms with van der Waals surface area (Å²) in [6, 6.07) is 0. The van der Waals surface area contributed by atoms with E-state index in [1.54, 1.807) is 6.08 Å². The molecular weight excluding hydrogens is 323 g/mol. The quantitative estimate of drug-likeness (QED) is 0.676. The number of halogens is 2. The summed E-state index contributed by atoms with van der Waals surface area (Å²) < 4.78 is 7.31. The second-order valence-corrected chi connectivity index (χ2v) is 5.46. The molecule has 0 amide bonds. The molecule has 0 saturated carbocycles. The topological polar surface area (TPSA) is 64.1 Å². The summed E-state index contributed by atoms with van der Waals surface area (Å²) >= 11 is 9.23. The molecule has 98 valence electrons. The predicted octanol–water partition coefficient (Wildman–Crippen LogP) is 1.77. The minimum Gasteiger partial charge on any atom is -0.353 e. The van der Waals surface area contributed by atoms with Crippen LogP contribution in [-0.2, 0) is 4.74 Å². The largest absolute Gasteiger partial charge is 0.353 e. The minimum absolute atomic E-state index is 0.160. The summed E-state index contributed by atoms with van der Waals surface area (Å²) in [5.41, 5.74) is -0.962. The lowest BCUT2D eigenvalue weighted by Crippen LogP contribution is -2.32. The highest BCUT2D eigenvalue weighted by Crippen LogP contribution is 2.33. The third-order valence-corrected chi connectivity index (χ3v) is 3.82. The molecule has 0 radical (unpaired) electrons. The maximum atomic E-state index is 11.7. The van der Waals surface area contributed by atoms with Gasteiger partial charge in [-0.3, -0.25) is 14.3 Å². The van der Waals surface area contributed by atoms with Crippen LogP contribution in [0.1, 0.15) is 19.1 Å². The lowest BCUT2D eigenvalue weighted by molar-refractivity contribution is 0.00126. The van der Waals surface area contributed by atoms with E-state index in [4.69, 9.17) is 16.3 Å². The molecule has 1 aliphatic heterocycles. The van der Waals surface area contributed by atoms with Gasteiger partial charge in [-0.1, -0.05) is 6.08 Å². The van der Waals surface area contributed by atoms with E-state index in [1.807, 2.05) is 0 Å². The fraction of sp³-hybridized carbons (Fsp3) is 0.455. The molecule has 2 rings (SSSR count). The zero-order chi connectivity index (χ0) is 13.3. The van der Waals surface area contributed by atoms with E-state index in [0.717, 1.165) is 0 Å². The molecule has 1 N–H and O–H groups in total. The van der Waals surface area contributed by atoms with Gasteiger partial charge >= 0.3 is 5.69 Å². The molecule has 1 aromatic rings. The van der Waals surface area contributed by atoms with Crippen molar-refractivity contribution in [3.8, 4) is 0 Å². The van der Waals surface area contributed by atoms with Crippen molar-refractivity contribution in [2.45, 2.75) is 30.6 Å². The van der Waals surface area contributed by atoms with Crippen molar-refractivity contribution < 1.29 is 4.74 Å². The van der Waals surface area contributed by atoms with Crippen molar-refractivity contribution in [3.05, 3.63) is 44.2 Å². The van der Waals surface area contributed by atoms with E-state index in [9.17, 15) is 9.59 Å². The van der Waals surface area contributed by atoms with Crippen LogP contribution < -0.4 is 11.2 Å².